The van der Waals surface area contributed by atoms with Gasteiger partial charge in [0.25, 0.3) is 0 Å². The summed E-state index contributed by atoms with van der Waals surface area (Å²) in [6.45, 7) is 4.26. The lowest BCUT2D eigenvalue weighted by atomic mass is 10.0. The number of hydrogen-bond donors (Lipinski definition) is 1. The Hall–Kier alpha value is -1.31. The average molecular weight is 206 g/mol. The quantitative estimate of drug-likeness (QED) is 0.804. The Kier molecular flexibility index (Phi) is 4.35. The zero-order valence-corrected chi connectivity index (χ0v) is 9.42. The first kappa shape index (κ1) is 11.8. The fourth-order valence-electron chi connectivity index (χ4n) is 1.75. The molecule has 0 heterocycles. The van der Waals surface area contributed by atoms with Crippen molar-refractivity contribution in [3.05, 3.63) is 34.9 Å². The maximum atomic E-state index is 10.4. The molecule has 0 aliphatic heterocycles. The Balaban J connectivity index is 2.55. The van der Waals surface area contributed by atoms with Crippen molar-refractivity contribution in [1.29, 1.82) is 0 Å². The monoisotopic (exact) mass is 206 g/mol. The Bertz CT molecular complexity index is 342. The summed E-state index contributed by atoms with van der Waals surface area (Å²) < 4.78 is 0. The third kappa shape index (κ3) is 3.74. The van der Waals surface area contributed by atoms with Gasteiger partial charge < -0.3 is 5.11 Å². The third-order valence-electron chi connectivity index (χ3n) is 2.64. The van der Waals surface area contributed by atoms with Crippen LogP contribution in [0.5, 0.6) is 0 Å². The summed E-state index contributed by atoms with van der Waals surface area (Å²) in [6, 6.07) is 6.42. The summed E-state index contributed by atoms with van der Waals surface area (Å²) in [7, 11) is 0. The second-order valence-corrected chi connectivity index (χ2v) is 3.86. The molecule has 2 nitrogen and oxygen atoms in total. The van der Waals surface area contributed by atoms with Crippen molar-refractivity contribution in [1.82, 2.24) is 0 Å². The van der Waals surface area contributed by atoms with Crippen molar-refractivity contribution in [2.75, 3.05) is 0 Å². The fraction of sp³-hybridized carbons (Fsp3) is 0.462. The first-order valence-electron chi connectivity index (χ1n) is 5.43. The molecule has 0 bridgehead atoms. The van der Waals surface area contributed by atoms with E-state index >= 15 is 0 Å². The van der Waals surface area contributed by atoms with Crippen LogP contribution in [-0.4, -0.2) is 11.1 Å². The van der Waals surface area contributed by atoms with Crippen LogP contribution in [0.4, 0.5) is 0 Å². The molecule has 0 fully saturated rings. The number of aliphatic carboxylic acids is 1. The van der Waals surface area contributed by atoms with Gasteiger partial charge in [0.1, 0.15) is 0 Å². The highest BCUT2D eigenvalue weighted by Crippen LogP contribution is 2.13. The highest BCUT2D eigenvalue weighted by Gasteiger charge is 2.00. The number of carbonyl (C=O) groups is 1. The maximum absolute atomic E-state index is 10.4. The molecule has 0 aliphatic carbocycles. The molecular formula is C13H18O2. The Morgan fingerprint density at radius 3 is 2.67 bits per heavy atom. The molecule has 82 valence electrons. The van der Waals surface area contributed by atoms with Crippen LogP contribution in [0.2, 0.25) is 0 Å². The van der Waals surface area contributed by atoms with E-state index in [1.807, 2.05) is 0 Å². The van der Waals surface area contributed by atoms with Gasteiger partial charge in [-0.25, -0.2) is 0 Å². The lowest BCUT2D eigenvalue weighted by Crippen LogP contribution is -1.96. The molecule has 0 saturated carbocycles. The number of carboxylic acids is 1. The van der Waals surface area contributed by atoms with Gasteiger partial charge in [-0.05, 0) is 42.9 Å². The first-order valence-corrected chi connectivity index (χ1v) is 5.43. The highest BCUT2D eigenvalue weighted by molar-refractivity contribution is 5.66. The van der Waals surface area contributed by atoms with Crippen molar-refractivity contribution in [3.63, 3.8) is 0 Å². The summed E-state index contributed by atoms with van der Waals surface area (Å²) in [6.07, 6.45) is 2.90. The van der Waals surface area contributed by atoms with Crippen LogP contribution in [0.25, 0.3) is 0 Å². The van der Waals surface area contributed by atoms with E-state index in [0.29, 0.717) is 0 Å². The van der Waals surface area contributed by atoms with E-state index in [-0.39, 0.29) is 6.42 Å². The molecule has 0 saturated heterocycles. The van der Waals surface area contributed by atoms with Crippen molar-refractivity contribution < 1.29 is 9.90 Å². The second-order valence-electron chi connectivity index (χ2n) is 3.86. The normalized spacial score (nSPS) is 10.3. The van der Waals surface area contributed by atoms with Crippen molar-refractivity contribution >= 4 is 5.97 Å². The number of hydrogen-bond acceptors (Lipinski definition) is 1. The van der Waals surface area contributed by atoms with Gasteiger partial charge in [-0.15, -0.1) is 0 Å². The van der Waals surface area contributed by atoms with Gasteiger partial charge in [-0.1, -0.05) is 25.1 Å². The Morgan fingerprint density at radius 2 is 2.13 bits per heavy atom. The molecule has 1 rings (SSSR count). The maximum Gasteiger partial charge on any atom is 0.303 e. The third-order valence-corrected chi connectivity index (χ3v) is 2.64. The molecule has 0 aromatic heterocycles. The van der Waals surface area contributed by atoms with Crippen LogP contribution in [0, 0.1) is 6.92 Å². The summed E-state index contributed by atoms with van der Waals surface area (Å²) in [5, 5.41) is 8.53. The van der Waals surface area contributed by atoms with Gasteiger partial charge in [-0.2, -0.15) is 0 Å². The minimum Gasteiger partial charge on any atom is -0.481 e. The number of benzene rings is 1. The molecule has 1 aromatic rings. The number of carboxylic acid groups (broad SMARTS) is 1. The minimum absolute atomic E-state index is 0.259. The van der Waals surface area contributed by atoms with E-state index in [9.17, 15) is 4.79 Å². The molecule has 0 atom stereocenters. The average Bonchev–Trinajstić information content (AvgIpc) is 2.17. The zero-order valence-electron chi connectivity index (χ0n) is 9.42. The molecule has 1 aromatic carbocycles. The van der Waals surface area contributed by atoms with E-state index in [0.717, 1.165) is 19.3 Å². The summed E-state index contributed by atoms with van der Waals surface area (Å²) in [5.74, 6) is -0.711. The molecule has 0 amide bonds. The molecular weight excluding hydrogens is 188 g/mol. The van der Waals surface area contributed by atoms with Gasteiger partial charge in [0, 0.05) is 6.42 Å². The number of aryl methyl sites for hydroxylation is 3. The van der Waals surface area contributed by atoms with Crippen LogP contribution in [-0.2, 0) is 17.6 Å². The van der Waals surface area contributed by atoms with Crippen LogP contribution >= 0.6 is 0 Å². The Morgan fingerprint density at radius 1 is 1.40 bits per heavy atom. The van der Waals surface area contributed by atoms with E-state index < -0.39 is 5.97 Å². The molecule has 1 N–H and O–H groups in total. The van der Waals surface area contributed by atoms with Gasteiger partial charge in [0.2, 0.25) is 0 Å². The van der Waals surface area contributed by atoms with Gasteiger partial charge in [0.05, 0.1) is 0 Å². The zero-order chi connectivity index (χ0) is 11.3. The molecule has 0 spiro atoms. The Labute approximate surface area is 90.9 Å². The largest absolute Gasteiger partial charge is 0.481 e. The topological polar surface area (TPSA) is 37.3 Å². The minimum atomic E-state index is -0.711. The second kappa shape index (κ2) is 5.54. The van der Waals surface area contributed by atoms with Crippen LogP contribution in [0.3, 0.4) is 0 Å². The smallest absolute Gasteiger partial charge is 0.303 e. The van der Waals surface area contributed by atoms with Crippen LogP contribution in [0.1, 0.15) is 36.5 Å². The summed E-state index contributed by atoms with van der Waals surface area (Å²) in [5.41, 5.74) is 3.92. The van der Waals surface area contributed by atoms with Crippen LogP contribution < -0.4 is 0 Å². The first-order chi connectivity index (χ1) is 7.13. The van der Waals surface area contributed by atoms with Crippen molar-refractivity contribution in [2.24, 2.45) is 0 Å². The molecule has 0 unspecified atom stereocenters. The van der Waals surface area contributed by atoms with Gasteiger partial charge in [-0.3, -0.25) is 4.79 Å². The summed E-state index contributed by atoms with van der Waals surface area (Å²) in [4.78, 5) is 10.4. The molecule has 0 radical (unpaired) electrons. The number of rotatable bonds is 5. The molecule has 0 aliphatic rings. The standard InChI is InChI=1S/C13H18O2/c1-3-12-8-7-11(9-10(12)2)5-4-6-13(14)15/h7-9H,3-6H2,1-2H3,(H,14,15). The SMILES string of the molecule is CCc1ccc(CCCC(=O)O)cc1C. The van der Waals surface area contributed by atoms with Crippen molar-refractivity contribution in [3.8, 4) is 0 Å². The molecule has 2 heteroatoms. The lowest BCUT2D eigenvalue weighted by molar-refractivity contribution is -0.137. The van der Waals surface area contributed by atoms with Crippen molar-refractivity contribution in [2.45, 2.75) is 39.5 Å². The summed E-state index contributed by atoms with van der Waals surface area (Å²) >= 11 is 0. The molecule has 15 heavy (non-hydrogen) atoms. The fourth-order valence-corrected chi connectivity index (χ4v) is 1.75. The lowest BCUT2D eigenvalue weighted by Gasteiger charge is -2.06. The highest BCUT2D eigenvalue weighted by atomic mass is 16.4. The van der Waals surface area contributed by atoms with E-state index in [1.54, 1.807) is 0 Å². The van der Waals surface area contributed by atoms with E-state index in [1.165, 1.54) is 16.7 Å². The van der Waals surface area contributed by atoms with E-state index in [2.05, 4.69) is 32.0 Å². The van der Waals surface area contributed by atoms with Gasteiger partial charge >= 0.3 is 5.97 Å². The van der Waals surface area contributed by atoms with E-state index in [4.69, 9.17) is 5.11 Å². The predicted octanol–water partition coefficient (Wildman–Crippen LogP) is 2.96. The van der Waals surface area contributed by atoms with Gasteiger partial charge in [0.15, 0.2) is 0 Å². The predicted molar refractivity (Wildman–Crippen MR) is 61.1 cm³/mol. The van der Waals surface area contributed by atoms with Crippen LogP contribution in [0.15, 0.2) is 18.2 Å².